The van der Waals surface area contributed by atoms with Gasteiger partial charge in [0.05, 0.1) is 5.57 Å². The second kappa shape index (κ2) is 2.92. The Balaban J connectivity index is 2.94. The van der Waals surface area contributed by atoms with Gasteiger partial charge in [-0.1, -0.05) is 6.58 Å². The van der Waals surface area contributed by atoms with Gasteiger partial charge in [-0.3, -0.25) is 0 Å². The zero-order valence-corrected chi connectivity index (χ0v) is 5.97. The highest BCUT2D eigenvalue weighted by Gasteiger charge is 2.32. The molecule has 1 aromatic rings. The van der Waals surface area contributed by atoms with E-state index in [-0.39, 0.29) is 5.56 Å². The Hall–Kier alpha value is -1.39. The minimum absolute atomic E-state index is 0.106. The van der Waals surface area contributed by atoms with Crippen LogP contribution in [0.2, 0.25) is 0 Å². The molecular formula is C7H5F3N2. The molecule has 0 N–H and O–H groups in total. The second-order valence-electron chi connectivity index (χ2n) is 2.10. The van der Waals surface area contributed by atoms with Gasteiger partial charge in [-0.15, -0.1) is 0 Å². The summed E-state index contributed by atoms with van der Waals surface area (Å²) in [7, 11) is 0. The molecule has 0 atom stereocenters. The van der Waals surface area contributed by atoms with E-state index < -0.39 is 11.7 Å². The Bertz CT molecular complexity index is 278. The Kier molecular flexibility index (Phi) is 2.12. The summed E-state index contributed by atoms with van der Waals surface area (Å²) < 4.78 is 35.9. The number of allylic oxidation sites excluding steroid dienone is 1. The highest BCUT2D eigenvalue weighted by atomic mass is 19.4. The van der Waals surface area contributed by atoms with E-state index >= 15 is 0 Å². The van der Waals surface area contributed by atoms with Crippen LogP contribution >= 0.6 is 0 Å². The zero-order valence-electron chi connectivity index (χ0n) is 5.97. The molecule has 0 aliphatic carbocycles. The minimum Gasteiger partial charge on any atom is -0.244 e. The molecule has 0 aliphatic rings. The van der Waals surface area contributed by atoms with E-state index in [1.807, 2.05) is 0 Å². The molecule has 2 nitrogen and oxygen atoms in total. The monoisotopic (exact) mass is 174 g/mol. The maximum Gasteiger partial charge on any atom is 0.416 e. The van der Waals surface area contributed by atoms with Crippen molar-refractivity contribution in [1.82, 2.24) is 9.97 Å². The number of alkyl halides is 3. The summed E-state index contributed by atoms with van der Waals surface area (Å²) >= 11 is 0. The van der Waals surface area contributed by atoms with Crippen molar-refractivity contribution in [3.8, 4) is 0 Å². The maximum absolute atomic E-state index is 12.0. The van der Waals surface area contributed by atoms with Crippen LogP contribution in [0.3, 0.4) is 0 Å². The first-order chi connectivity index (χ1) is 5.52. The molecule has 1 aromatic heterocycles. The Morgan fingerprint density at radius 1 is 1.25 bits per heavy atom. The molecule has 0 aromatic carbocycles. The fourth-order valence-corrected chi connectivity index (χ4v) is 0.619. The first kappa shape index (κ1) is 8.70. The van der Waals surface area contributed by atoms with E-state index in [1.54, 1.807) is 0 Å². The van der Waals surface area contributed by atoms with Gasteiger partial charge in [-0.2, -0.15) is 13.2 Å². The Morgan fingerprint density at radius 3 is 2.17 bits per heavy atom. The molecule has 0 saturated carbocycles. The topological polar surface area (TPSA) is 25.8 Å². The van der Waals surface area contributed by atoms with E-state index in [1.165, 1.54) is 0 Å². The quantitative estimate of drug-likeness (QED) is 0.651. The maximum atomic E-state index is 12.0. The van der Waals surface area contributed by atoms with Crippen LogP contribution in [-0.2, 0) is 0 Å². The van der Waals surface area contributed by atoms with Crippen molar-refractivity contribution in [3.05, 3.63) is 30.9 Å². The number of nitrogens with zero attached hydrogens (tertiary/aromatic N) is 2. The lowest BCUT2D eigenvalue weighted by atomic mass is 10.1. The largest absolute Gasteiger partial charge is 0.416 e. The third-order valence-electron chi connectivity index (χ3n) is 1.25. The van der Waals surface area contributed by atoms with E-state index in [0.29, 0.717) is 0 Å². The Labute approximate surface area is 66.8 Å². The molecule has 64 valence electrons. The summed E-state index contributed by atoms with van der Waals surface area (Å²) in [6.07, 6.45) is -1.11. The molecule has 0 saturated heterocycles. The van der Waals surface area contributed by atoms with Gasteiger partial charge in [0.25, 0.3) is 0 Å². The van der Waals surface area contributed by atoms with Crippen LogP contribution in [0.5, 0.6) is 0 Å². The Morgan fingerprint density at radius 2 is 1.75 bits per heavy atom. The van der Waals surface area contributed by atoms with Gasteiger partial charge < -0.3 is 0 Å². The van der Waals surface area contributed by atoms with Gasteiger partial charge in [0.2, 0.25) is 0 Å². The summed E-state index contributed by atoms with van der Waals surface area (Å²) in [6, 6.07) is 0. The summed E-state index contributed by atoms with van der Waals surface area (Å²) in [5.74, 6) is 0. The molecule has 0 aliphatic heterocycles. The molecule has 5 heteroatoms. The van der Waals surface area contributed by atoms with E-state index in [4.69, 9.17) is 0 Å². The average Bonchev–Trinajstić information content (AvgIpc) is 2.03. The molecule has 0 bridgehead atoms. The fourth-order valence-electron chi connectivity index (χ4n) is 0.619. The van der Waals surface area contributed by atoms with Gasteiger partial charge in [0.1, 0.15) is 6.33 Å². The SMILES string of the molecule is C=C(c1cncnc1)C(F)(F)F. The summed E-state index contributed by atoms with van der Waals surface area (Å²) in [6.45, 7) is 2.89. The lowest BCUT2D eigenvalue weighted by Crippen LogP contribution is -2.09. The number of halogens is 3. The summed E-state index contributed by atoms with van der Waals surface area (Å²) in [5, 5.41) is 0. The second-order valence-corrected chi connectivity index (χ2v) is 2.10. The summed E-state index contributed by atoms with van der Waals surface area (Å²) in [4.78, 5) is 6.89. The molecule has 0 fully saturated rings. The number of hydrogen-bond donors (Lipinski definition) is 0. The molecule has 0 amide bonds. The van der Waals surface area contributed by atoms with Crippen molar-refractivity contribution in [2.45, 2.75) is 6.18 Å². The van der Waals surface area contributed by atoms with Crippen molar-refractivity contribution < 1.29 is 13.2 Å². The first-order valence-corrected chi connectivity index (χ1v) is 3.03. The molecule has 1 rings (SSSR count). The lowest BCUT2D eigenvalue weighted by Gasteiger charge is -2.08. The first-order valence-electron chi connectivity index (χ1n) is 3.03. The normalized spacial score (nSPS) is 11.2. The zero-order chi connectivity index (χ0) is 9.19. The van der Waals surface area contributed by atoms with Gasteiger partial charge >= 0.3 is 6.18 Å². The van der Waals surface area contributed by atoms with Crippen molar-refractivity contribution in [2.75, 3.05) is 0 Å². The predicted octanol–water partition coefficient (Wildman–Crippen LogP) is 2.05. The van der Waals surface area contributed by atoms with Crippen LogP contribution in [0.4, 0.5) is 13.2 Å². The van der Waals surface area contributed by atoms with Crippen molar-refractivity contribution in [2.24, 2.45) is 0 Å². The molecule has 12 heavy (non-hydrogen) atoms. The lowest BCUT2D eigenvalue weighted by molar-refractivity contribution is -0.0687. The predicted molar refractivity (Wildman–Crippen MR) is 37.1 cm³/mol. The van der Waals surface area contributed by atoms with Crippen LogP contribution in [0.25, 0.3) is 5.57 Å². The van der Waals surface area contributed by atoms with Crippen molar-refractivity contribution in [1.29, 1.82) is 0 Å². The van der Waals surface area contributed by atoms with Crippen molar-refractivity contribution >= 4 is 5.57 Å². The molecular weight excluding hydrogens is 169 g/mol. The van der Waals surface area contributed by atoms with E-state index in [9.17, 15) is 13.2 Å². The number of aromatic nitrogens is 2. The van der Waals surface area contributed by atoms with E-state index in [2.05, 4.69) is 16.5 Å². The van der Waals surface area contributed by atoms with Crippen LogP contribution < -0.4 is 0 Å². The highest BCUT2D eigenvalue weighted by Crippen LogP contribution is 2.30. The number of rotatable bonds is 1. The highest BCUT2D eigenvalue weighted by molar-refractivity contribution is 5.65. The van der Waals surface area contributed by atoms with Gasteiger partial charge in [0.15, 0.2) is 0 Å². The number of hydrogen-bond acceptors (Lipinski definition) is 2. The fraction of sp³-hybridized carbons (Fsp3) is 0.143. The van der Waals surface area contributed by atoms with Crippen molar-refractivity contribution in [3.63, 3.8) is 0 Å². The van der Waals surface area contributed by atoms with Crippen LogP contribution in [0, 0.1) is 0 Å². The van der Waals surface area contributed by atoms with Crippen LogP contribution in [0.15, 0.2) is 25.3 Å². The van der Waals surface area contributed by atoms with Crippen LogP contribution in [0.1, 0.15) is 5.56 Å². The molecule has 0 radical (unpaired) electrons. The standard InChI is InChI=1S/C7H5F3N2/c1-5(7(8,9)10)6-2-11-4-12-3-6/h2-4H,1H2. The van der Waals surface area contributed by atoms with Gasteiger partial charge in [0, 0.05) is 18.0 Å². The minimum atomic E-state index is -4.41. The molecule has 1 heterocycles. The molecule has 0 unspecified atom stereocenters. The van der Waals surface area contributed by atoms with Crippen LogP contribution in [-0.4, -0.2) is 16.1 Å². The molecule has 0 spiro atoms. The van der Waals surface area contributed by atoms with E-state index in [0.717, 1.165) is 18.7 Å². The third-order valence-corrected chi connectivity index (χ3v) is 1.25. The van der Waals surface area contributed by atoms with Gasteiger partial charge in [-0.25, -0.2) is 9.97 Å². The van der Waals surface area contributed by atoms with Gasteiger partial charge in [-0.05, 0) is 0 Å². The smallest absolute Gasteiger partial charge is 0.244 e. The third kappa shape index (κ3) is 1.81. The summed E-state index contributed by atoms with van der Waals surface area (Å²) in [5.41, 5.74) is -1.03. The average molecular weight is 174 g/mol.